The van der Waals surface area contributed by atoms with Crippen molar-refractivity contribution in [2.45, 2.75) is 33.1 Å². The van der Waals surface area contributed by atoms with E-state index in [-0.39, 0.29) is 4.08 Å². The molecule has 1 spiro atoms. The second-order valence-electron chi connectivity index (χ2n) is 7.06. The van der Waals surface area contributed by atoms with Gasteiger partial charge in [-0.15, -0.1) is 23.5 Å². The van der Waals surface area contributed by atoms with Crippen LogP contribution in [0.1, 0.15) is 18.5 Å². The number of hydrogen-bond donors (Lipinski definition) is 1. The maximum absolute atomic E-state index is 11.5. The Balaban J connectivity index is 1.34. The average Bonchev–Trinajstić information content (AvgIpc) is 2.98. The third-order valence-corrected chi connectivity index (χ3v) is 8.80. The van der Waals surface area contributed by atoms with Gasteiger partial charge in [-0.2, -0.15) is 0 Å². The van der Waals surface area contributed by atoms with Gasteiger partial charge in [0.05, 0.1) is 10.3 Å². The van der Waals surface area contributed by atoms with Crippen LogP contribution < -0.4 is 4.72 Å². The lowest BCUT2D eigenvalue weighted by Gasteiger charge is -2.37. The fourth-order valence-electron chi connectivity index (χ4n) is 3.51. The number of nitrogens with one attached hydrogen (secondary N) is 1. The number of fused-ring (bicyclic) bond motifs is 1. The summed E-state index contributed by atoms with van der Waals surface area (Å²) in [5, 5.41) is 0. The normalized spacial score (nSPS) is 19.1. The van der Waals surface area contributed by atoms with Gasteiger partial charge in [-0.1, -0.05) is 6.07 Å². The Kier molecular flexibility index (Phi) is 5.42. The Labute approximate surface area is 169 Å². The lowest BCUT2D eigenvalue weighted by atomic mass is 10.1. The number of sulfonamides is 1. The highest BCUT2D eigenvalue weighted by molar-refractivity contribution is 8.20. The number of aromatic nitrogens is 1. The van der Waals surface area contributed by atoms with Crippen LogP contribution in [0.3, 0.4) is 0 Å². The highest BCUT2D eigenvalue weighted by Crippen LogP contribution is 2.60. The molecule has 1 fully saturated rings. The molecule has 5 nitrogen and oxygen atoms in total. The van der Waals surface area contributed by atoms with Crippen LogP contribution in [0.4, 0.5) is 5.69 Å². The van der Waals surface area contributed by atoms with Crippen LogP contribution in [-0.4, -0.2) is 48.3 Å². The fourth-order valence-corrected chi connectivity index (χ4v) is 7.25. The van der Waals surface area contributed by atoms with Crippen molar-refractivity contribution in [3.05, 3.63) is 48.3 Å². The molecule has 1 saturated heterocycles. The molecule has 27 heavy (non-hydrogen) atoms. The van der Waals surface area contributed by atoms with E-state index in [0.29, 0.717) is 5.69 Å². The molecule has 4 rings (SSSR count). The predicted molar refractivity (Wildman–Crippen MR) is 113 cm³/mol. The first-order chi connectivity index (χ1) is 12.9. The summed E-state index contributed by atoms with van der Waals surface area (Å²) in [5.74, 6) is 0. The summed E-state index contributed by atoms with van der Waals surface area (Å²) in [6.07, 6.45) is 6.30. The van der Waals surface area contributed by atoms with E-state index in [1.54, 1.807) is 0 Å². The Morgan fingerprint density at radius 3 is 2.63 bits per heavy atom. The standard InChI is InChI=1S/C19H23N3O2S3/c1-27(23,24)21-16-5-6-17-18(14-16)26-19(25-17)8-12-22(13-9-19)11-7-15-4-2-3-10-20-15/h2-6,10,14,21H,7-9,11-13H2,1H3. The quantitative estimate of drug-likeness (QED) is 0.795. The van der Waals surface area contributed by atoms with Gasteiger partial charge in [0.25, 0.3) is 0 Å². The minimum Gasteiger partial charge on any atom is -0.303 e. The number of hydrogen-bond acceptors (Lipinski definition) is 6. The highest BCUT2D eigenvalue weighted by atomic mass is 32.2. The third kappa shape index (κ3) is 4.80. The van der Waals surface area contributed by atoms with E-state index in [9.17, 15) is 8.42 Å². The molecule has 0 unspecified atom stereocenters. The Morgan fingerprint density at radius 2 is 1.93 bits per heavy atom. The molecule has 0 aliphatic carbocycles. The lowest BCUT2D eigenvalue weighted by molar-refractivity contribution is 0.228. The number of benzene rings is 1. The van der Waals surface area contributed by atoms with Gasteiger partial charge in [-0.25, -0.2) is 8.42 Å². The number of piperidine rings is 1. The van der Waals surface area contributed by atoms with Gasteiger partial charge in [0.15, 0.2) is 0 Å². The minimum atomic E-state index is -3.24. The zero-order chi connectivity index (χ0) is 18.9. The van der Waals surface area contributed by atoms with Gasteiger partial charge in [-0.05, 0) is 43.2 Å². The molecule has 0 atom stereocenters. The minimum absolute atomic E-state index is 0.188. The maximum atomic E-state index is 11.5. The zero-order valence-electron chi connectivity index (χ0n) is 15.2. The molecule has 1 aromatic carbocycles. The van der Waals surface area contributed by atoms with Crippen molar-refractivity contribution in [2.24, 2.45) is 0 Å². The SMILES string of the molecule is CS(=O)(=O)Nc1ccc2c(c1)SC1(CCN(CCc3ccccn3)CC1)S2. The fraction of sp³-hybridized carbons (Fsp3) is 0.421. The molecule has 1 N–H and O–H groups in total. The van der Waals surface area contributed by atoms with Gasteiger partial charge in [0, 0.05) is 53.4 Å². The highest BCUT2D eigenvalue weighted by Gasteiger charge is 2.41. The van der Waals surface area contributed by atoms with Crippen molar-refractivity contribution < 1.29 is 8.42 Å². The van der Waals surface area contributed by atoms with Crippen molar-refractivity contribution in [3.8, 4) is 0 Å². The molecule has 2 aliphatic heterocycles. The van der Waals surface area contributed by atoms with E-state index in [1.807, 2.05) is 60.1 Å². The molecular weight excluding hydrogens is 398 g/mol. The molecule has 8 heteroatoms. The maximum Gasteiger partial charge on any atom is 0.229 e. The number of anilines is 1. The summed E-state index contributed by atoms with van der Waals surface area (Å²) < 4.78 is 25.7. The van der Waals surface area contributed by atoms with Crippen LogP contribution in [0.15, 0.2) is 52.4 Å². The Morgan fingerprint density at radius 1 is 1.15 bits per heavy atom. The summed E-state index contributed by atoms with van der Waals surface area (Å²) >= 11 is 3.85. The molecule has 2 aliphatic rings. The topological polar surface area (TPSA) is 62.3 Å². The van der Waals surface area contributed by atoms with Crippen LogP contribution in [0, 0.1) is 0 Å². The van der Waals surface area contributed by atoms with E-state index in [4.69, 9.17) is 0 Å². The second-order valence-corrected chi connectivity index (χ2v) is 11.9. The van der Waals surface area contributed by atoms with Crippen molar-refractivity contribution in [1.82, 2.24) is 9.88 Å². The summed E-state index contributed by atoms with van der Waals surface area (Å²) in [6.45, 7) is 3.24. The van der Waals surface area contributed by atoms with E-state index in [2.05, 4.69) is 20.7 Å². The van der Waals surface area contributed by atoms with E-state index >= 15 is 0 Å². The van der Waals surface area contributed by atoms with Crippen LogP contribution in [-0.2, 0) is 16.4 Å². The molecule has 1 aromatic heterocycles. The smallest absolute Gasteiger partial charge is 0.229 e. The van der Waals surface area contributed by atoms with Crippen LogP contribution in [0.5, 0.6) is 0 Å². The predicted octanol–water partition coefficient (Wildman–Crippen LogP) is 3.69. The molecule has 2 aromatic rings. The number of likely N-dealkylation sites (tertiary alicyclic amines) is 1. The average molecular weight is 422 g/mol. The van der Waals surface area contributed by atoms with Crippen molar-refractivity contribution in [3.63, 3.8) is 0 Å². The second kappa shape index (κ2) is 7.66. The third-order valence-electron chi connectivity index (χ3n) is 4.87. The number of thioether (sulfide) groups is 2. The largest absolute Gasteiger partial charge is 0.303 e. The van der Waals surface area contributed by atoms with E-state index in [1.165, 1.54) is 16.0 Å². The van der Waals surface area contributed by atoms with Crippen LogP contribution in [0.2, 0.25) is 0 Å². The van der Waals surface area contributed by atoms with Gasteiger partial charge >= 0.3 is 0 Å². The number of rotatable bonds is 5. The first kappa shape index (κ1) is 19.1. The van der Waals surface area contributed by atoms with Gasteiger partial charge < -0.3 is 4.90 Å². The zero-order valence-corrected chi connectivity index (χ0v) is 17.7. The molecule has 0 bridgehead atoms. The number of pyridine rings is 1. The molecule has 0 saturated carbocycles. The monoisotopic (exact) mass is 421 g/mol. The Hall–Kier alpha value is -1.22. The van der Waals surface area contributed by atoms with Crippen molar-refractivity contribution in [1.29, 1.82) is 0 Å². The summed E-state index contributed by atoms with van der Waals surface area (Å²) in [7, 11) is -3.24. The van der Waals surface area contributed by atoms with Crippen LogP contribution >= 0.6 is 23.5 Å². The summed E-state index contributed by atoms with van der Waals surface area (Å²) in [4.78, 5) is 9.39. The van der Waals surface area contributed by atoms with Gasteiger partial charge in [0.2, 0.25) is 10.0 Å². The van der Waals surface area contributed by atoms with Crippen molar-refractivity contribution in [2.75, 3.05) is 30.6 Å². The molecular formula is C19H23N3O2S3. The summed E-state index contributed by atoms with van der Waals surface area (Å²) in [6, 6.07) is 12.0. The Bertz CT molecular complexity index is 911. The molecule has 0 amide bonds. The van der Waals surface area contributed by atoms with Crippen LogP contribution in [0.25, 0.3) is 0 Å². The van der Waals surface area contributed by atoms with Gasteiger partial charge in [-0.3, -0.25) is 9.71 Å². The first-order valence-corrected chi connectivity index (χ1v) is 12.6. The number of nitrogens with zero attached hydrogens (tertiary/aromatic N) is 2. The van der Waals surface area contributed by atoms with E-state index in [0.717, 1.165) is 44.6 Å². The lowest BCUT2D eigenvalue weighted by Crippen LogP contribution is -2.40. The van der Waals surface area contributed by atoms with E-state index < -0.39 is 10.0 Å². The molecule has 3 heterocycles. The molecule has 144 valence electrons. The molecule has 0 radical (unpaired) electrons. The first-order valence-electron chi connectivity index (χ1n) is 9.03. The summed E-state index contributed by atoms with van der Waals surface area (Å²) in [5.41, 5.74) is 1.80. The van der Waals surface area contributed by atoms with Gasteiger partial charge in [0.1, 0.15) is 0 Å². The van der Waals surface area contributed by atoms with Crippen molar-refractivity contribution >= 4 is 39.2 Å².